The van der Waals surface area contributed by atoms with E-state index in [1.54, 1.807) is 0 Å². The van der Waals surface area contributed by atoms with Gasteiger partial charge in [-0.2, -0.15) is 0 Å². The van der Waals surface area contributed by atoms with Crippen LogP contribution in [0.5, 0.6) is 5.75 Å². The van der Waals surface area contributed by atoms with Crippen molar-refractivity contribution in [3.63, 3.8) is 0 Å². The number of imide groups is 1. The van der Waals surface area contributed by atoms with Crippen molar-refractivity contribution in [1.29, 1.82) is 0 Å². The zero-order chi connectivity index (χ0) is 34.2. The quantitative estimate of drug-likeness (QED) is 0.0763. The summed E-state index contributed by atoms with van der Waals surface area (Å²) in [7, 11) is 0. The molecule has 0 atom stereocenters. The van der Waals surface area contributed by atoms with Crippen LogP contribution >= 0.6 is 0 Å². The van der Waals surface area contributed by atoms with E-state index in [0.717, 1.165) is 17.1 Å². The molecule has 0 bridgehead atoms. The lowest BCUT2D eigenvalue weighted by molar-refractivity contribution is -0.137. The minimum absolute atomic E-state index is 0.243. The van der Waals surface area contributed by atoms with E-state index in [1.165, 1.54) is 56.2 Å². The van der Waals surface area contributed by atoms with Gasteiger partial charge in [-0.1, -0.05) is 51.2 Å². The summed E-state index contributed by atoms with van der Waals surface area (Å²) in [6.45, 7) is 10.5. The Kier molecular flexibility index (Phi) is 26.6. The zero-order valence-electron chi connectivity index (χ0n) is 29.1. The minimum Gasteiger partial charge on any atom is -0.491 e. The second-order valence-electron chi connectivity index (χ2n) is 11.1. The molecule has 48 heavy (non-hydrogen) atoms. The van der Waals surface area contributed by atoms with Crippen LogP contribution in [0.25, 0.3) is 0 Å². The Morgan fingerprint density at radius 1 is 0.458 bits per heavy atom. The molecule has 12 nitrogen and oxygen atoms in total. The lowest BCUT2D eigenvalue weighted by Crippen LogP contribution is -2.33. The SMILES string of the molecule is CCCCCCCCc1ccc(OCCOCCOCCOCCOCCOCCOCCOCCOCCN2C(=O)C=CC2=O)cc1. The number of aryl methyl sites for hydroxylation is 1. The van der Waals surface area contributed by atoms with Crippen molar-refractivity contribution in [2.24, 2.45) is 0 Å². The van der Waals surface area contributed by atoms with Crippen LogP contribution in [-0.2, 0) is 53.9 Å². The van der Waals surface area contributed by atoms with Crippen molar-refractivity contribution in [1.82, 2.24) is 4.90 Å². The van der Waals surface area contributed by atoms with E-state index in [-0.39, 0.29) is 25.0 Å². The van der Waals surface area contributed by atoms with Crippen LogP contribution in [-0.4, -0.2) is 136 Å². The number of unbranched alkanes of at least 4 members (excludes halogenated alkanes) is 5. The third-order valence-corrected chi connectivity index (χ3v) is 7.20. The maximum atomic E-state index is 11.4. The average molecular weight is 682 g/mol. The Morgan fingerprint density at radius 3 is 1.27 bits per heavy atom. The molecule has 0 fully saturated rings. The first-order chi connectivity index (χ1) is 23.7. The summed E-state index contributed by atoms with van der Waals surface area (Å²) in [5.74, 6) is 0.272. The molecule has 0 aliphatic carbocycles. The molecule has 12 heteroatoms. The van der Waals surface area contributed by atoms with Crippen molar-refractivity contribution in [3.05, 3.63) is 42.0 Å². The first-order valence-electron chi connectivity index (χ1n) is 17.6. The van der Waals surface area contributed by atoms with E-state index in [9.17, 15) is 9.59 Å². The smallest absolute Gasteiger partial charge is 0.253 e. The fourth-order valence-electron chi connectivity index (χ4n) is 4.53. The summed E-state index contributed by atoms with van der Waals surface area (Å²) in [4.78, 5) is 24.0. The minimum atomic E-state index is -0.303. The molecule has 1 aromatic rings. The molecule has 2 rings (SSSR count). The monoisotopic (exact) mass is 681 g/mol. The van der Waals surface area contributed by atoms with Gasteiger partial charge in [-0.05, 0) is 30.5 Å². The van der Waals surface area contributed by atoms with Crippen molar-refractivity contribution >= 4 is 11.8 Å². The van der Waals surface area contributed by atoms with Gasteiger partial charge in [0.15, 0.2) is 0 Å². The van der Waals surface area contributed by atoms with Gasteiger partial charge in [0.05, 0.1) is 112 Å². The number of hydrogen-bond acceptors (Lipinski definition) is 11. The molecule has 0 saturated heterocycles. The van der Waals surface area contributed by atoms with Crippen LogP contribution in [0.15, 0.2) is 36.4 Å². The van der Waals surface area contributed by atoms with Gasteiger partial charge in [0.2, 0.25) is 0 Å². The second-order valence-corrected chi connectivity index (χ2v) is 11.1. The molecule has 0 spiro atoms. The standard InChI is InChI=1S/C36H59NO11/c1-2-3-4-5-6-7-8-33-9-11-34(12-10-33)48-32-31-47-30-29-46-28-27-45-26-25-44-24-23-43-22-21-42-20-19-41-18-17-40-16-15-37-35(38)13-14-36(37)39/h9-14H,2-8,15-32H2,1H3. The van der Waals surface area contributed by atoms with Crippen LogP contribution in [0.4, 0.5) is 0 Å². The summed E-state index contributed by atoms with van der Waals surface area (Å²) in [5, 5.41) is 0. The van der Waals surface area contributed by atoms with Gasteiger partial charge < -0.3 is 42.6 Å². The van der Waals surface area contributed by atoms with Gasteiger partial charge in [0.1, 0.15) is 12.4 Å². The molecule has 1 aliphatic heterocycles. The Balaban J connectivity index is 1.20. The Bertz CT molecular complexity index is 926. The molecule has 1 heterocycles. The molecule has 1 aliphatic rings. The fraction of sp³-hybridized carbons (Fsp3) is 0.722. The molecular weight excluding hydrogens is 622 g/mol. The molecule has 0 unspecified atom stereocenters. The number of rotatable bonds is 35. The predicted octanol–water partition coefficient (Wildman–Crippen LogP) is 4.03. The van der Waals surface area contributed by atoms with E-state index >= 15 is 0 Å². The number of benzene rings is 1. The number of carbonyl (C=O) groups is 2. The number of amides is 2. The number of ether oxygens (including phenoxy) is 9. The summed E-state index contributed by atoms with van der Waals surface area (Å²) in [6, 6.07) is 8.41. The fourth-order valence-corrected chi connectivity index (χ4v) is 4.53. The summed E-state index contributed by atoms with van der Waals surface area (Å²) >= 11 is 0. The van der Waals surface area contributed by atoms with Crippen LogP contribution < -0.4 is 4.74 Å². The lowest BCUT2D eigenvalue weighted by Gasteiger charge is -2.13. The average Bonchev–Trinajstić information content (AvgIpc) is 3.42. The van der Waals surface area contributed by atoms with Gasteiger partial charge >= 0.3 is 0 Å². The topological polar surface area (TPSA) is 120 Å². The van der Waals surface area contributed by atoms with Crippen LogP contribution in [0.2, 0.25) is 0 Å². The molecule has 0 N–H and O–H groups in total. The number of nitrogens with zero attached hydrogens (tertiary/aromatic N) is 1. The Hall–Kier alpha value is -2.42. The number of carbonyl (C=O) groups excluding carboxylic acids is 2. The Labute approximate surface area is 287 Å². The third-order valence-electron chi connectivity index (χ3n) is 7.20. The lowest BCUT2D eigenvalue weighted by atomic mass is 10.0. The largest absolute Gasteiger partial charge is 0.491 e. The first kappa shape index (κ1) is 41.7. The van der Waals surface area contributed by atoms with E-state index in [0.29, 0.717) is 106 Å². The maximum Gasteiger partial charge on any atom is 0.253 e. The van der Waals surface area contributed by atoms with Gasteiger partial charge in [0.25, 0.3) is 11.8 Å². The van der Waals surface area contributed by atoms with Gasteiger partial charge in [0, 0.05) is 12.2 Å². The van der Waals surface area contributed by atoms with Crippen molar-refractivity contribution in [2.75, 3.05) is 119 Å². The molecule has 1 aromatic carbocycles. The highest BCUT2D eigenvalue weighted by molar-refractivity contribution is 6.12. The third kappa shape index (κ3) is 23.0. The Morgan fingerprint density at radius 2 is 0.833 bits per heavy atom. The molecule has 0 radical (unpaired) electrons. The van der Waals surface area contributed by atoms with Gasteiger partial charge in [-0.3, -0.25) is 14.5 Å². The van der Waals surface area contributed by atoms with Crippen molar-refractivity contribution in [2.45, 2.75) is 51.9 Å². The highest BCUT2D eigenvalue weighted by Gasteiger charge is 2.22. The molecule has 2 amide bonds. The molecule has 0 saturated carbocycles. The first-order valence-corrected chi connectivity index (χ1v) is 17.6. The summed E-state index contributed by atoms with van der Waals surface area (Å²) < 4.78 is 49.6. The van der Waals surface area contributed by atoms with Crippen LogP contribution in [0, 0.1) is 0 Å². The molecule has 274 valence electrons. The van der Waals surface area contributed by atoms with E-state index in [1.807, 2.05) is 12.1 Å². The van der Waals surface area contributed by atoms with E-state index in [4.69, 9.17) is 42.6 Å². The van der Waals surface area contributed by atoms with Crippen LogP contribution in [0.1, 0.15) is 51.0 Å². The van der Waals surface area contributed by atoms with E-state index < -0.39 is 0 Å². The van der Waals surface area contributed by atoms with Crippen LogP contribution in [0.3, 0.4) is 0 Å². The van der Waals surface area contributed by atoms with Crippen molar-refractivity contribution in [3.8, 4) is 5.75 Å². The zero-order valence-corrected chi connectivity index (χ0v) is 29.1. The van der Waals surface area contributed by atoms with Gasteiger partial charge in [-0.15, -0.1) is 0 Å². The maximum absolute atomic E-state index is 11.4. The summed E-state index contributed by atoms with van der Waals surface area (Å²) in [6.07, 6.45) is 11.6. The van der Waals surface area contributed by atoms with Gasteiger partial charge in [-0.25, -0.2) is 0 Å². The molecular formula is C36H59NO11. The normalized spacial score (nSPS) is 12.9. The predicted molar refractivity (Wildman–Crippen MR) is 181 cm³/mol. The highest BCUT2D eigenvalue weighted by atomic mass is 16.6. The molecule has 0 aromatic heterocycles. The highest BCUT2D eigenvalue weighted by Crippen LogP contribution is 2.15. The number of hydrogen-bond donors (Lipinski definition) is 0. The van der Waals surface area contributed by atoms with Crippen molar-refractivity contribution < 1.29 is 52.2 Å². The second kappa shape index (κ2) is 30.6. The van der Waals surface area contributed by atoms with E-state index in [2.05, 4.69) is 19.1 Å². The summed E-state index contributed by atoms with van der Waals surface area (Å²) in [5.41, 5.74) is 1.37.